The van der Waals surface area contributed by atoms with Crippen LogP contribution in [-0.2, 0) is 6.42 Å². The number of aliphatic hydroxyl groups is 1. The van der Waals surface area contributed by atoms with E-state index in [0.29, 0.717) is 36.9 Å². The van der Waals surface area contributed by atoms with Crippen molar-refractivity contribution < 1.29 is 23.0 Å². The first-order valence-electron chi connectivity index (χ1n) is 6.13. The van der Waals surface area contributed by atoms with Crippen LogP contribution in [0.3, 0.4) is 0 Å². The number of alkyl halides is 3. The molecule has 19 heavy (non-hydrogen) atoms. The number of halogens is 3. The van der Waals surface area contributed by atoms with Gasteiger partial charge in [0.1, 0.15) is 5.75 Å². The molecular weight excluding hydrogens is 259 g/mol. The number of nitrogens with two attached hydrogens (primary N) is 1. The molecule has 0 aliphatic carbocycles. The first-order chi connectivity index (χ1) is 8.85. The summed E-state index contributed by atoms with van der Waals surface area (Å²) in [7, 11) is 0. The third kappa shape index (κ3) is 5.48. The Morgan fingerprint density at radius 2 is 2.00 bits per heavy atom. The maximum atomic E-state index is 12.2. The van der Waals surface area contributed by atoms with E-state index in [4.69, 9.17) is 5.73 Å². The van der Waals surface area contributed by atoms with Crippen LogP contribution in [0, 0.1) is 0 Å². The third-order valence-corrected chi connectivity index (χ3v) is 2.70. The van der Waals surface area contributed by atoms with Gasteiger partial charge in [-0.15, -0.1) is 13.2 Å². The summed E-state index contributed by atoms with van der Waals surface area (Å²) in [6.45, 7) is 2.25. The number of aliphatic hydroxyl groups excluding tert-OH is 1. The molecule has 1 rings (SSSR count). The highest BCUT2D eigenvalue weighted by Gasteiger charge is 2.31. The topological polar surface area (TPSA) is 55.5 Å². The molecule has 0 aliphatic heterocycles. The molecule has 1 aromatic carbocycles. The minimum absolute atomic E-state index is 0.298. The quantitative estimate of drug-likeness (QED) is 0.840. The van der Waals surface area contributed by atoms with Crippen molar-refractivity contribution in [2.24, 2.45) is 5.73 Å². The standard InChI is InChI=1S/C13H18F3NO2/c1-2-9-6-10(12(18)4-3-5-17)8-11(7-9)19-13(14,15)16/h6-8,12,18H,2-5,17H2,1H3/t12-/m1/s1. The molecule has 108 valence electrons. The zero-order chi connectivity index (χ0) is 14.5. The lowest BCUT2D eigenvalue weighted by Gasteiger charge is -2.15. The monoisotopic (exact) mass is 277 g/mol. The Labute approximate surface area is 110 Å². The summed E-state index contributed by atoms with van der Waals surface area (Å²) in [5.41, 5.74) is 6.45. The summed E-state index contributed by atoms with van der Waals surface area (Å²) in [5, 5.41) is 9.90. The number of benzene rings is 1. The van der Waals surface area contributed by atoms with Gasteiger partial charge >= 0.3 is 6.36 Å². The van der Waals surface area contributed by atoms with Gasteiger partial charge in [-0.3, -0.25) is 0 Å². The minimum atomic E-state index is -4.73. The lowest BCUT2D eigenvalue weighted by atomic mass is 10.0. The van der Waals surface area contributed by atoms with Gasteiger partial charge in [0, 0.05) is 0 Å². The van der Waals surface area contributed by atoms with E-state index in [9.17, 15) is 18.3 Å². The fourth-order valence-corrected chi connectivity index (χ4v) is 1.75. The van der Waals surface area contributed by atoms with E-state index in [2.05, 4.69) is 4.74 Å². The first-order valence-corrected chi connectivity index (χ1v) is 6.13. The average molecular weight is 277 g/mol. The fraction of sp³-hybridized carbons (Fsp3) is 0.538. The fourth-order valence-electron chi connectivity index (χ4n) is 1.75. The zero-order valence-electron chi connectivity index (χ0n) is 10.7. The predicted octanol–water partition coefficient (Wildman–Crippen LogP) is 2.92. The second-order valence-corrected chi connectivity index (χ2v) is 4.26. The van der Waals surface area contributed by atoms with Crippen molar-refractivity contribution >= 4 is 0 Å². The second kappa shape index (κ2) is 6.77. The van der Waals surface area contributed by atoms with Crippen LogP contribution < -0.4 is 10.5 Å². The SMILES string of the molecule is CCc1cc(OC(F)(F)F)cc([C@H](O)CCCN)c1. The molecule has 0 spiro atoms. The van der Waals surface area contributed by atoms with Gasteiger partial charge in [0.2, 0.25) is 0 Å². The van der Waals surface area contributed by atoms with E-state index in [0.717, 1.165) is 0 Å². The van der Waals surface area contributed by atoms with Gasteiger partial charge in [-0.05, 0) is 49.1 Å². The molecule has 0 aromatic heterocycles. The molecule has 0 saturated heterocycles. The Balaban J connectivity index is 2.94. The van der Waals surface area contributed by atoms with Gasteiger partial charge in [0.15, 0.2) is 0 Å². The van der Waals surface area contributed by atoms with Gasteiger partial charge in [0.05, 0.1) is 6.10 Å². The van der Waals surface area contributed by atoms with Crippen LogP contribution in [0.15, 0.2) is 18.2 Å². The molecule has 0 amide bonds. The highest BCUT2D eigenvalue weighted by atomic mass is 19.4. The zero-order valence-corrected chi connectivity index (χ0v) is 10.7. The molecule has 0 fully saturated rings. The van der Waals surface area contributed by atoms with Crippen molar-refractivity contribution in [2.75, 3.05) is 6.54 Å². The molecule has 0 bridgehead atoms. The number of ether oxygens (including phenoxy) is 1. The summed E-state index contributed by atoms with van der Waals surface area (Å²) in [4.78, 5) is 0. The van der Waals surface area contributed by atoms with Gasteiger partial charge in [0.25, 0.3) is 0 Å². The summed E-state index contributed by atoms with van der Waals surface area (Å²) in [6.07, 6.45) is -3.98. The second-order valence-electron chi connectivity index (χ2n) is 4.26. The Bertz CT molecular complexity index is 407. The van der Waals surface area contributed by atoms with Crippen molar-refractivity contribution in [3.8, 4) is 5.75 Å². The molecule has 0 unspecified atom stereocenters. The highest BCUT2D eigenvalue weighted by Crippen LogP contribution is 2.29. The Morgan fingerprint density at radius 1 is 1.32 bits per heavy atom. The maximum Gasteiger partial charge on any atom is 0.573 e. The molecule has 1 aromatic rings. The van der Waals surface area contributed by atoms with Crippen LogP contribution in [0.25, 0.3) is 0 Å². The van der Waals surface area contributed by atoms with Crippen molar-refractivity contribution in [3.63, 3.8) is 0 Å². The Morgan fingerprint density at radius 3 is 2.53 bits per heavy atom. The van der Waals surface area contributed by atoms with Gasteiger partial charge in [-0.25, -0.2) is 0 Å². The molecule has 0 aliphatic rings. The molecular formula is C13H18F3NO2. The van der Waals surface area contributed by atoms with E-state index in [-0.39, 0.29) is 5.75 Å². The Hall–Kier alpha value is -1.27. The van der Waals surface area contributed by atoms with Crippen molar-refractivity contribution in [1.29, 1.82) is 0 Å². The van der Waals surface area contributed by atoms with Crippen molar-refractivity contribution in [2.45, 2.75) is 38.7 Å². The molecule has 0 radical (unpaired) electrons. The summed E-state index contributed by atoms with van der Waals surface area (Å²) in [6, 6.07) is 4.23. The maximum absolute atomic E-state index is 12.2. The molecule has 0 heterocycles. The Kier molecular flexibility index (Phi) is 5.62. The number of rotatable bonds is 6. The molecule has 1 atom stereocenters. The minimum Gasteiger partial charge on any atom is -0.406 e. The third-order valence-electron chi connectivity index (χ3n) is 2.70. The van der Waals surface area contributed by atoms with Crippen LogP contribution in [0.1, 0.15) is 37.0 Å². The predicted molar refractivity (Wildman–Crippen MR) is 65.8 cm³/mol. The van der Waals surface area contributed by atoms with E-state index < -0.39 is 12.5 Å². The van der Waals surface area contributed by atoms with Gasteiger partial charge in [-0.2, -0.15) is 0 Å². The number of aryl methyl sites for hydroxylation is 1. The van der Waals surface area contributed by atoms with Crippen LogP contribution >= 0.6 is 0 Å². The van der Waals surface area contributed by atoms with Crippen LogP contribution in [-0.4, -0.2) is 18.0 Å². The first kappa shape index (κ1) is 15.8. The van der Waals surface area contributed by atoms with Crippen LogP contribution in [0.4, 0.5) is 13.2 Å². The summed E-state index contributed by atoms with van der Waals surface area (Å²) < 4.78 is 40.5. The number of hydrogen-bond acceptors (Lipinski definition) is 3. The normalized spacial score (nSPS) is 13.4. The van der Waals surface area contributed by atoms with Crippen LogP contribution in [0.2, 0.25) is 0 Å². The van der Waals surface area contributed by atoms with E-state index in [1.54, 1.807) is 6.07 Å². The molecule has 6 heteroatoms. The van der Waals surface area contributed by atoms with Gasteiger partial charge in [-0.1, -0.05) is 13.0 Å². The van der Waals surface area contributed by atoms with Crippen molar-refractivity contribution in [1.82, 2.24) is 0 Å². The number of hydrogen-bond donors (Lipinski definition) is 2. The van der Waals surface area contributed by atoms with Crippen LogP contribution in [0.5, 0.6) is 5.75 Å². The smallest absolute Gasteiger partial charge is 0.406 e. The van der Waals surface area contributed by atoms with E-state index >= 15 is 0 Å². The molecule has 3 nitrogen and oxygen atoms in total. The summed E-state index contributed by atoms with van der Waals surface area (Å²) in [5.74, 6) is -0.298. The molecule has 0 saturated carbocycles. The lowest BCUT2D eigenvalue weighted by molar-refractivity contribution is -0.274. The van der Waals surface area contributed by atoms with Gasteiger partial charge < -0.3 is 15.6 Å². The van der Waals surface area contributed by atoms with Crippen molar-refractivity contribution in [3.05, 3.63) is 29.3 Å². The largest absolute Gasteiger partial charge is 0.573 e. The highest BCUT2D eigenvalue weighted by molar-refractivity contribution is 5.35. The van der Waals surface area contributed by atoms with E-state index in [1.807, 2.05) is 6.92 Å². The summed E-state index contributed by atoms with van der Waals surface area (Å²) >= 11 is 0. The average Bonchev–Trinajstić information content (AvgIpc) is 2.33. The molecule has 3 N–H and O–H groups in total. The van der Waals surface area contributed by atoms with E-state index in [1.165, 1.54) is 12.1 Å². The lowest BCUT2D eigenvalue weighted by Crippen LogP contribution is -2.17.